The summed E-state index contributed by atoms with van der Waals surface area (Å²) in [5, 5.41) is 6.35. The number of carbonyl (C=O) groups is 1. The number of fused-ring (bicyclic) bond motifs is 1. The van der Waals surface area contributed by atoms with Crippen LogP contribution in [0.25, 0.3) is 0 Å². The zero-order valence-corrected chi connectivity index (χ0v) is 9.42. The van der Waals surface area contributed by atoms with Crippen molar-refractivity contribution < 1.29 is 4.79 Å². The first kappa shape index (κ1) is 9.70. The Hall–Kier alpha value is -1.51. The van der Waals surface area contributed by atoms with Gasteiger partial charge in [0, 0.05) is 23.8 Å². The van der Waals surface area contributed by atoms with Gasteiger partial charge in [0.1, 0.15) is 0 Å². The quantitative estimate of drug-likeness (QED) is 0.791. The minimum Gasteiger partial charge on any atom is -0.384 e. The van der Waals surface area contributed by atoms with Crippen molar-refractivity contribution in [2.75, 3.05) is 11.9 Å². The second-order valence-electron chi connectivity index (χ2n) is 4.84. The van der Waals surface area contributed by atoms with E-state index in [1.165, 1.54) is 11.3 Å². The van der Waals surface area contributed by atoms with E-state index in [1.54, 1.807) is 0 Å². The van der Waals surface area contributed by atoms with Crippen LogP contribution in [0.1, 0.15) is 29.3 Å². The van der Waals surface area contributed by atoms with Gasteiger partial charge in [-0.05, 0) is 42.5 Å². The van der Waals surface area contributed by atoms with E-state index in [2.05, 4.69) is 17.6 Å². The molecular formula is C13H16N2O. The molecule has 1 aromatic carbocycles. The maximum Gasteiger partial charge on any atom is 0.251 e. The Balaban J connectivity index is 1.76. The van der Waals surface area contributed by atoms with E-state index in [1.807, 2.05) is 18.2 Å². The third-order valence-electron chi connectivity index (χ3n) is 3.50. The monoisotopic (exact) mass is 216 g/mol. The molecule has 2 N–H and O–H groups in total. The largest absolute Gasteiger partial charge is 0.384 e. The third-order valence-corrected chi connectivity index (χ3v) is 3.50. The van der Waals surface area contributed by atoms with Crippen LogP contribution < -0.4 is 10.6 Å². The first-order chi connectivity index (χ1) is 7.74. The molecule has 1 aromatic rings. The second kappa shape index (κ2) is 3.51. The predicted molar refractivity (Wildman–Crippen MR) is 63.7 cm³/mol. The molecule has 2 atom stereocenters. The van der Waals surface area contributed by atoms with Crippen molar-refractivity contribution in [1.82, 2.24) is 5.32 Å². The number of carbonyl (C=O) groups excluding carboxylic acids is 1. The van der Waals surface area contributed by atoms with Crippen LogP contribution in [0.2, 0.25) is 0 Å². The van der Waals surface area contributed by atoms with Crippen LogP contribution in [-0.2, 0) is 6.42 Å². The average Bonchev–Trinajstić information content (AvgIpc) is 2.81. The smallest absolute Gasteiger partial charge is 0.251 e. The van der Waals surface area contributed by atoms with Crippen LogP contribution in [0.15, 0.2) is 18.2 Å². The number of benzene rings is 1. The highest BCUT2D eigenvalue weighted by atomic mass is 16.1. The molecule has 1 heterocycles. The van der Waals surface area contributed by atoms with Crippen molar-refractivity contribution in [2.45, 2.75) is 25.8 Å². The van der Waals surface area contributed by atoms with Crippen LogP contribution in [0.4, 0.5) is 5.69 Å². The second-order valence-corrected chi connectivity index (χ2v) is 4.84. The lowest BCUT2D eigenvalue weighted by molar-refractivity contribution is 0.0949. The first-order valence-electron chi connectivity index (χ1n) is 5.92. The van der Waals surface area contributed by atoms with Gasteiger partial charge in [-0.3, -0.25) is 4.79 Å². The van der Waals surface area contributed by atoms with Gasteiger partial charge in [-0.25, -0.2) is 0 Å². The maximum atomic E-state index is 11.9. The van der Waals surface area contributed by atoms with E-state index in [4.69, 9.17) is 0 Å². The summed E-state index contributed by atoms with van der Waals surface area (Å²) in [7, 11) is 0. The fourth-order valence-electron chi connectivity index (χ4n) is 2.22. The molecular weight excluding hydrogens is 200 g/mol. The highest BCUT2D eigenvalue weighted by molar-refractivity contribution is 5.95. The zero-order chi connectivity index (χ0) is 11.1. The Bertz CT molecular complexity index is 442. The van der Waals surface area contributed by atoms with E-state index in [0.717, 1.165) is 24.9 Å². The Morgan fingerprint density at radius 3 is 3.06 bits per heavy atom. The molecule has 16 heavy (non-hydrogen) atoms. The lowest BCUT2D eigenvalue weighted by Crippen LogP contribution is -2.26. The van der Waals surface area contributed by atoms with Crippen molar-refractivity contribution in [3.63, 3.8) is 0 Å². The van der Waals surface area contributed by atoms with E-state index < -0.39 is 0 Å². The van der Waals surface area contributed by atoms with Crippen LogP contribution in [-0.4, -0.2) is 18.5 Å². The molecule has 3 rings (SSSR count). The highest BCUT2D eigenvalue weighted by Gasteiger charge is 2.34. The molecule has 0 bridgehead atoms. The van der Waals surface area contributed by atoms with E-state index >= 15 is 0 Å². The zero-order valence-electron chi connectivity index (χ0n) is 9.42. The van der Waals surface area contributed by atoms with Crippen LogP contribution in [0, 0.1) is 5.92 Å². The van der Waals surface area contributed by atoms with Crippen molar-refractivity contribution in [3.05, 3.63) is 29.3 Å². The Morgan fingerprint density at radius 2 is 2.31 bits per heavy atom. The van der Waals surface area contributed by atoms with Gasteiger partial charge < -0.3 is 10.6 Å². The maximum absolute atomic E-state index is 11.9. The van der Waals surface area contributed by atoms with Gasteiger partial charge in [-0.2, -0.15) is 0 Å². The van der Waals surface area contributed by atoms with Gasteiger partial charge in [0.25, 0.3) is 5.91 Å². The molecule has 1 aliphatic carbocycles. The average molecular weight is 216 g/mol. The lowest BCUT2D eigenvalue weighted by atomic mass is 10.1. The molecule has 3 heteroatoms. The summed E-state index contributed by atoms with van der Waals surface area (Å²) in [6.45, 7) is 3.15. The Morgan fingerprint density at radius 1 is 1.50 bits per heavy atom. The highest BCUT2D eigenvalue weighted by Crippen LogP contribution is 2.29. The first-order valence-corrected chi connectivity index (χ1v) is 5.92. The van der Waals surface area contributed by atoms with Crippen molar-refractivity contribution in [2.24, 2.45) is 5.92 Å². The van der Waals surface area contributed by atoms with Crippen LogP contribution >= 0.6 is 0 Å². The summed E-state index contributed by atoms with van der Waals surface area (Å²) in [6, 6.07) is 6.32. The third kappa shape index (κ3) is 1.66. The lowest BCUT2D eigenvalue weighted by Gasteiger charge is -2.06. The number of hydrogen-bond acceptors (Lipinski definition) is 2. The molecule has 3 nitrogen and oxygen atoms in total. The van der Waals surface area contributed by atoms with Gasteiger partial charge >= 0.3 is 0 Å². The predicted octanol–water partition coefficient (Wildman–Crippen LogP) is 1.79. The summed E-state index contributed by atoms with van der Waals surface area (Å²) in [5.74, 6) is 0.726. The molecule has 2 unspecified atom stereocenters. The fraction of sp³-hybridized carbons (Fsp3) is 0.462. The molecule has 84 valence electrons. The van der Waals surface area contributed by atoms with Crippen LogP contribution in [0.3, 0.4) is 0 Å². The van der Waals surface area contributed by atoms with Crippen molar-refractivity contribution >= 4 is 11.6 Å². The standard InChI is InChI=1S/C13H16N2O/c1-8-6-12(8)15-13(16)10-2-3-11-9(7-10)4-5-14-11/h2-3,7-8,12,14H,4-6H2,1H3,(H,15,16). The normalized spacial score (nSPS) is 25.8. The van der Waals surface area contributed by atoms with Gasteiger partial charge in [-0.15, -0.1) is 0 Å². The number of anilines is 1. The van der Waals surface area contributed by atoms with E-state index in [9.17, 15) is 4.79 Å². The van der Waals surface area contributed by atoms with E-state index in [-0.39, 0.29) is 5.91 Å². The molecule has 0 radical (unpaired) electrons. The molecule has 1 amide bonds. The number of rotatable bonds is 2. The molecule has 0 spiro atoms. The molecule has 1 fully saturated rings. The van der Waals surface area contributed by atoms with Gasteiger partial charge in [0.2, 0.25) is 0 Å². The summed E-state index contributed by atoms with van der Waals surface area (Å²) in [4.78, 5) is 11.9. The summed E-state index contributed by atoms with van der Waals surface area (Å²) >= 11 is 0. The summed E-state index contributed by atoms with van der Waals surface area (Å²) in [6.07, 6.45) is 2.15. The fourth-order valence-corrected chi connectivity index (χ4v) is 2.22. The van der Waals surface area contributed by atoms with Gasteiger partial charge in [0.05, 0.1) is 0 Å². The minimum absolute atomic E-state index is 0.0732. The summed E-state index contributed by atoms with van der Waals surface area (Å²) in [5.41, 5.74) is 3.23. The van der Waals surface area contributed by atoms with E-state index in [0.29, 0.717) is 12.0 Å². The van der Waals surface area contributed by atoms with Crippen molar-refractivity contribution in [3.8, 4) is 0 Å². The molecule has 0 saturated heterocycles. The number of nitrogens with one attached hydrogen (secondary N) is 2. The molecule has 1 saturated carbocycles. The topological polar surface area (TPSA) is 41.1 Å². The SMILES string of the molecule is CC1CC1NC(=O)c1ccc2c(c1)CCN2. The molecule has 2 aliphatic rings. The Labute approximate surface area is 95.2 Å². The minimum atomic E-state index is 0.0732. The number of amides is 1. The summed E-state index contributed by atoms with van der Waals surface area (Å²) < 4.78 is 0. The van der Waals surface area contributed by atoms with Gasteiger partial charge in [0.15, 0.2) is 0 Å². The van der Waals surface area contributed by atoms with Gasteiger partial charge in [-0.1, -0.05) is 6.92 Å². The van der Waals surface area contributed by atoms with Crippen LogP contribution in [0.5, 0.6) is 0 Å². The molecule has 0 aromatic heterocycles. The molecule has 1 aliphatic heterocycles. The van der Waals surface area contributed by atoms with Crippen molar-refractivity contribution in [1.29, 1.82) is 0 Å². The Kier molecular flexibility index (Phi) is 2.13. The number of hydrogen-bond donors (Lipinski definition) is 2.